The minimum atomic E-state index is 0.0760. The fourth-order valence-corrected chi connectivity index (χ4v) is 4.01. The van der Waals surface area contributed by atoms with Crippen molar-refractivity contribution in [2.24, 2.45) is 11.8 Å². The first-order chi connectivity index (χ1) is 14.1. The lowest BCUT2D eigenvalue weighted by Gasteiger charge is -2.38. The van der Waals surface area contributed by atoms with Crippen molar-refractivity contribution in [3.05, 3.63) is 65.7 Å². The standard InChI is InChI=1S/C24H30N2O3/c1-3-19-17-26(24(28)20-7-5-4-6-8-20)14-13-21(19)15-23(27)25-16-18-9-11-22(29-2)12-10-18/h4-12,19,21H,3,13-17H2,1-2H3,(H,25,27). The number of piperidine rings is 1. The Balaban J connectivity index is 1.50. The van der Waals surface area contributed by atoms with Crippen LogP contribution in [0, 0.1) is 11.8 Å². The molecule has 1 aliphatic heterocycles. The Labute approximate surface area is 173 Å². The maximum Gasteiger partial charge on any atom is 0.253 e. The van der Waals surface area contributed by atoms with Gasteiger partial charge in [-0.1, -0.05) is 43.7 Å². The van der Waals surface area contributed by atoms with Crippen LogP contribution in [0.3, 0.4) is 0 Å². The third-order valence-corrected chi connectivity index (χ3v) is 5.82. The van der Waals surface area contributed by atoms with Crippen molar-refractivity contribution in [3.63, 3.8) is 0 Å². The predicted octanol–water partition coefficient (Wildman–Crippen LogP) is 3.89. The van der Waals surface area contributed by atoms with Crippen LogP contribution in [0.4, 0.5) is 0 Å². The second-order valence-electron chi connectivity index (χ2n) is 7.66. The van der Waals surface area contributed by atoms with E-state index in [1.165, 1.54) is 0 Å². The third kappa shape index (κ3) is 5.59. The van der Waals surface area contributed by atoms with Crippen LogP contribution >= 0.6 is 0 Å². The van der Waals surface area contributed by atoms with Crippen LogP contribution in [0.15, 0.2) is 54.6 Å². The van der Waals surface area contributed by atoms with Crippen LogP contribution in [0.1, 0.15) is 42.1 Å². The third-order valence-electron chi connectivity index (χ3n) is 5.82. The van der Waals surface area contributed by atoms with Crippen molar-refractivity contribution >= 4 is 11.8 Å². The molecule has 2 aromatic carbocycles. The van der Waals surface area contributed by atoms with Crippen molar-refractivity contribution in [1.82, 2.24) is 10.2 Å². The molecule has 0 spiro atoms. The van der Waals surface area contributed by atoms with Crippen LogP contribution in [0.2, 0.25) is 0 Å². The van der Waals surface area contributed by atoms with Crippen LogP contribution in [-0.2, 0) is 11.3 Å². The summed E-state index contributed by atoms with van der Waals surface area (Å²) in [6.07, 6.45) is 2.35. The molecule has 2 unspecified atom stereocenters. The Morgan fingerprint density at radius 2 is 1.79 bits per heavy atom. The second kappa shape index (κ2) is 10.1. The fourth-order valence-electron chi connectivity index (χ4n) is 4.01. The molecule has 5 nitrogen and oxygen atoms in total. The maximum atomic E-state index is 12.7. The SMILES string of the molecule is CCC1CN(C(=O)c2ccccc2)CCC1CC(=O)NCc1ccc(OC)cc1. The van der Waals surface area contributed by atoms with E-state index in [2.05, 4.69) is 12.2 Å². The summed E-state index contributed by atoms with van der Waals surface area (Å²) in [4.78, 5) is 27.2. The Morgan fingerprint density at radius 1 is 1.07 bits per heavy atom. The minimum Gasteiger partial charge on any atom is -0.497 e. The normalized spacial score (nSPS) is 18.9. The molecular formula is C24H30N2O3. The molecule has 2 atom stereocenters. The summed E-state index contributed by atoms with van der Waals surface area (Å²) >= 11 is 0. The average molecular weight is 395 g/mol. The first kappa shape index (κ1) is 20.9. The predicted molar refractivity (Wildman–Crippen MR) is 114 cm³/mol. The summed E-state index contributed by atoms with van der Waals surface area (Å²) in [6.45, 7) is 4.09. The Hall–Kier alpha value is -2.82. The molecular weight excluding hydrogens is 364 g/mol. The molecule has 5 heteroatoms. The number of likely N-dealkylation sites (tertiary alicyclic amines) is 1. The summed E-state index contributed by atoms with van der Waals surface area (Å²) in [5, 5.41) is 3.03. The quantitative estimate of drug-likeness (QED) is 0.775. The highest BCUT2D eigenvalue weighted by Crippen LogP contribution is 2.29. The van der Waals surface area contributed by atoms with E-state index in [-0.39, 0.29) is 11.8 Å². The lowest BCUT2D eigenvalue weighted by atomic mass is 9.81. The monoisotopic (exact) mass is 394 g/mol. The van der Waals surface area contributed by atoms with Crippen molar-refractivity contribution in [3.8, 4) is 5.75 Å². The summed E-state index contributed by atoms with van der Waals surface area (Å²) in [7, 11) is 1.64. The molecule has 0 saturated carbocycles. The number of amides is 2. The number of nitrogens with one attached hydrogen (secondary N) is 1. The maximum absolute atomic E-state index is 12.7. The molecule has 1 N–H and O–H groups in total. The highest BCUT2D eigenvalue weighted by atomic mass is 16.5. The number of rotatable bonds is 7. The molecule has 1 saturated heterocycles. The van der Waals surface area contributed by atoms with E-state index in [0.29, 0.717) is 31.3 Å². The largest absolute Gasteiger partial charge is 0.497 e. The van der Waals surface area contributed by atoms with Crippen LogP contribution < -0.4 is 10.1 Å². The molecule has 1 fully saturated rings. The van der Waals surface area contributed by atoms with Gasteiger partial charge in [0.1, 0.15) is 5.75 Å². The van der Waals surface area contributed by atoms with Crippen LogP contribution in [-0.4, -0.2) is 36.9 Å². The lowest BCUT2D eigenvalue weighted by Crippen LogP contribution is -2.44. The van der Waals surface area contributed by atoms with Gasteiger partial charge in [-0.3, -0.25) is 9.59 Å². The van der Waals surface area contributed by atoms with E-state index in [4.69, 9.17) is 4.74 Å². The number of carbonyl (C=O) groups is 2. The summed E-state index contributed by atoms with van der Waals surface area (Å²) in [5.74, 6) is 1.64. The molecule has 1 heterocycles. The van der Waals surface area contributed by atoms with Crippen molar-refractivity contribution in [2.75, 3.05) is 20.2 Å². The molecule has 0 aromatic heterocycles. The topological polar surface area (TPSA) is 58.6 Å². The smallest absolute Gasteiger partial charge is 0.253 e. The van der Waals surface area contributed by atoms with Gasteiger partial charge in [0.05, 0.1) is 7.11 Å². The highest BCUT2D eigenvalue weighted by molar-refractivity contribution is 5.94. The highest BCUT2D eigenvalue weighted by Gasteiger charge is 2.31. The molecule has 0 radical (unpaired) electrons. The second-order valence-corrected chi connectivity index (χ2v) is 7.66. The molecule has 2 aromatic rings. The van der Waals surface area contributed by atoms with Crippen LogP contribution in [0.25, 0.3) is 0 Å². The number of hydrogen-bond donors (Lipinski definition) is 1. The van der Waals surface area contributed by atoms with E-state index >= 15 is 0 Å². The van der Waals surface area contributed by atoms with E-state index in [1.807, 2.05) is 59.5 Å². The zero-order valence-corrected chi connectivity index (χ0v) is 17.3. The molecule has 0 bridgehead atoms. The van der Waals surface area contributed by atoms with E-state index in [0.717, 1.165) is 36.3 Å². The number of methoxy groups -OCH3 is 1. The van der Waals surface area contributed by atoms with Gasteiger partial charge in [-0.15, -0.1) is 0 Å². The summed E-state index contributed by atoms with van der Waals surface area (Å²) in [6, 6.07) is 17.1. The molecule has 3 rings (SSSR count). The zero-order chi connectivity index (χ0) is 20.6. The van der Waals surface area contributed by atoms with E-state index in [9.17, 15) is 9.59 Å². The lowest BCUT2D eigenvalue weighted by molar-refractivity contribution is -0.123. The van der Waals surface area contributed by atoms with Gasteiger partial charge in [0, 0.05) is 31.6 Å². The van der Waals surface area contributed by atoms with Gasteiger partial charge in [0.2, 0.25) is 5.91 Å². The fraction of sp³-hybridized carbons (Fsp3) is 0.417. The molecule has 154 valence electrons. The molecule has 1 aliphatic rings. The van der Waals surface area contributed by atoms with E-state index < -0.39 is 0 Å². The number of carbonyl (C=O) groups excluding carboxylic acids is 2. The van der Waals surface area contributed by atoms with Crippen molar-refractivity contribution in [2.45, 2.75) is 32.7 Å². The summed E-state index contributed by atoms with van der Waals surface area (Å²) < 4.78 is 5.16. The van der Waals surface area contributed by atoms with Crippen molar-refractivity contribution < 1.29 is 14.3 Å². The van der Waals surface area contributed by atoms with Crippen molar-refractivity contribution in [1.29, 1.82) is 0 Å². The van der Waals surface area contributed by atoms with Gasteiger partial charge in [0.25, 0.3) is 5.91 Å². The van der Waals surface area contributed by atoms with Gasteiger partial charge in [-0.2, -0.15) is 0 Å². The Kier molecular flexibility index (Phi) is 7.28. The first-order valence-electron chi connectivity index (χ1n) is 10.3. The first-order valence-corrected chi connectivity index (χ1v) is 10.3. The van der Waals surface area contributed by atoms with Crippen LogP contribution in [0.5, 0.6) is 5.75 Å². The number of ether oxygens (including phenoxy) is 1. The number of hydrogen-bond acceptors (Lipinski definition) is 3. The van der Waals surface area contributed by atoms with Gasteiger partial charge >= 0.3 is 0 Å². The molecule has 2 amide bonds. The van der Waals surface area contributed by atoms with Gasteiger partial charge in [-0.05, 0) is 48.1 Å². The molecule has 0 aliphatic carbocycles. The Bertz CT molecular complexity index is 805. The minimum absolute atomic E-state index is 0.0760. The average Bonchev–Trinajstić information content (AvgIpc) is 2.78. The van der Waals surface area contributed by atoms with Gasteiger partial charge in [-0.25, -0.2) is 0 Å². The Morgan fingerprint density at radius 3 is 2.45 bits per heavy atom. The van der Waals surface area contributed by atoms with Gasteiger partial charge < -0.3 is 15.0 Å². The molecule has 29 heavy (non-hydrogen) atoms. The zero-order valence-electron chi connectivity index (χ0n) is 17.3. The number of benzene rings is 2. The van der Waals surface area contributed by atoms with E-state index in [1.54, 1.807) is 7.11 Å². The number of nitrogens with zero attached hydrogens (tertiary/aromatic N) is 1. The summed E-state index contributed by atoms with van der Waals surface area (Å²) in [5.41, 5.74) is 1.78. The van der Waals surface area contributed by atoms with Gasteiger partial charge in [0.15, 0.2) is 0 Å².